The molecule has 0 rings (SSSR count). The van der Waals surface area contributed by atoms with Gasteiger partial charge in [-0.05, 0) is 13.8 Å². The average molecular weight is 179 g/mol. The Balaban J connectivity index is 0. The van der Waals surface area contributed by atoms with Crippen LogP contribution < -0.4 is 0 Å². The highest BCUT2D eigenvalue weighted by Gasteiger charge is 2.12. The lowest BCUT2D eigenvalue weighted by molar-refractivity contribution is -1.20. The van der Waals surface area contributed by atoms with Gasteiger partial charge in [-0.25, -0.2) is 0 Å². The minimum atomic E-state index is -0.819. The number of hydroxylamine groups is 3. The Kier molecular flexibility index (Phi) is 6.13. The van der Waals surface area contributed by atoms with Gasteiger partial charge in [-0.15, -0.1) is 19.7 Å². The first-order valence-electron chi connectivity index (χ1n) is 3.28. The van der Waals surface area contributed by atoms with Crippen molar-refractivity contribution in [2.24, 2.45) is 0 Å². The molecule has 0 radical (unpaired) electrons. The molecule has 0 spiro atoms. The van der Waals surface area contributed by atoms with Crippen molar-refractivity contribution < 1.29 is 19.5 Å². The molecule has 0 aromatic heterocycles. The van der Waals surface area contributed by atoms with E-state index in [2.05, 4.69) is 4.94 Å². The molecule has 6 nitrogen and oxygen atoms in total. The van der Waals surface area contributed by atoms with E-state index in [1.165, 1.54) is 13.8 Å². The number of hydrogen-bond acceptors (Lipinski definition) is 4. The van der Waals surface area contributed by atoms with E-state index in [1.807, 2.05) is 0 Å². The van der Waals surface area contributed by atoms with Crippen LogP contribution in [0.4, 0.5) is 0 Å². The van der Waals surface area contributed by atoms with E-state index in [0.717, 1.165) is 0 Å². The number of quaternary nitrogens is 1. The second kappa shape index (κ2) is 5.48. The third kappa shape index (κ3) is 36.9. The average Bonchev–Trinajstić information content (AvgIpc) is 1.52. The van der Waals surface area contributed by atoms with Gasteiger partial charge in [0, 0.05) is 0 Å². The molecule has 0 aromatic rings. The Morgan fingerprint density at radius 3 is 1.58 bits per heavy atom. The maximum atomic E-state index is 9.58. The summed E-state index contributed by atoms with van der Waals surface area (Å²) in [5, 5.41) is 8.76. The van der Waals surface area contributed by atoms with Gasteiger partial charge in [0.1, 0.15) is 26.9 Å². The van der Waals surface area contributed by atoms with Gasteiger partial charge in [0.15, 0.2) is 0 Å². The van der Waals surface area contributed by atoms with Crippen LogP contribution in [0.15, 0.2) is 0 Å². The number of hydrogen-bond donors (Lipinski definition) is 0. The van der Waals surface area contributed by atoms with Crippen molar-refractivity contribution in [1.29, 1.82) is 0 Å². The van der Waals surface area contributed by atoms with Crippen molar-refractivity contribution in [2.75, 3.05) is 21.1 Å². The van der Waals surface area contributed by atoms with Gasteiger partial charge >= 0.3 is 5.09 Å². The van der Waals surface area contributed by atoms with Gasteiger partial charge in [-0.1, -0.05) is 0 Å². The second-order valence-corrected chi connectivity index (χ2v) is 3.10. The maximum Gasteiger partial charge on any atom is 0.339 e. The molecule has 0 amide bonds. The number of rotatable bonds is 2. The van der Waals surface area contributed by atoms with Gasteiger partial charge < -0.3 is 4.79 Å². The smallest absolute Gasteiger partial charge is 0.300 e. The molecule has 6 heteroatoms. The predicted octanol–water partition coefficient (Wildman–Crippen LogP) is 0.411. The molecule has 0 aromatic carbocycles. The van der Waals surface area contributed by atoms with Crippen LogP contribution >= 0.6 is 0 Å². The van der Waals surface area contributed by atoms with Crippen molar-refractivity contribution >= 4 is 5.78 Å². The second-order valence-electron chi connectivity index (χ2n) is 3.10. The zero-order valence-electron chi connectivity index (χ0n) is 8.03. The SMILES string of the molecule is CC(C)=O.C[N+](C)(C)O[N+](=O)[O-]. The van der Waals surface area contributed by atoms with E-state index in [1.54, 1.807) is 21.1 Å². The molecule has 0 N–H and O–H groups in total. The van der Waals surface area contributed by atoms with Crippen LogP contribution in [0.25, 0.3) is 0 Å². The number of Topliss-reactive ketones (excluding diaryl/α,β-unsaturated/α-hetero) is 1. The zero-order valence-corrected chi connectivity index (χ0v) is 8.03. The van der Waals surface area contributed by atoms with Gasteiger partial charge in [-0.2, -0.15) is 0 Å². The van der Waals surface area contributed by atoms with Crippen LogP contribution in [0.2, 0.25) is 0 Å². The standard InChI is InChI=1S/C3H9N2O3.C3H6O/c1-5(2,3)8-4(6)7;1-3(2)4/h1-3H3;1-2H3/q+1;. The number of carbonyl (C=O) groups excluding carboxylic acids is 1. The lowest BCUT2D eigenvalue weighted by Crippen LogP contribution is -2.36. The van der Waals surface area contributed by atoms with E-state index < -0.39 is 5.09 Å². The molecule has 12 heavy (non-hydrogen) atoms. The molecule has 0 bridgehead atoms. The van der Waals surface area contributed by atoms with Crippen LogP contribution in [0, 0.1) is 10.1 Å². The first kappa shape index (κ1) is 13.4. The Morgan fingerprint density at radius 1 is 1.33 bits per heavy atom. The molecule has 72 valence electrons. The van der Waals surface area contributed by atoms with Crippen LogP contribution in [0.5, 0.6) is 0 Å². The quantitative estimate of drug-likeness (QED) is 0.350. The van der Waals surface area contributed by atoms with Crippen molar-refractivity contribution in [3.05, 3.63) is 10.1 Å². The summed E-state index contributed by atoms with van der Waals surface area (Å²) in [5.41, 5.74) is 0. The summed E-state index contributed by atoms with van der Waals surface area (Å²) < 4.78 is -0.118. The predicted molar refractivity (Wildman–Crippen MR) is 42.5 cm³/mol. The lowest BCUT2D eigenvalue weighted by atomic mass is 10.6. The fourth-order valence-electron chi connectivity index (χ4n) is 0.200. The summed E-state index contributed by atoms with van der Waals surface area (Å²) in [6, 6.07) is 0. The van der Waals surface area contributed by atoms with Gasteiger partial charge in [0.25, 0.3) is 0 Å². The monoisotopic (exact) mass is 179 g/mol. The first-order valence-corrected chi connectivity index (χ1v) is 3.28. The Labute approximate surface area is 71.4 Å². The van der Waals surface area contributed by atoms with Crippen LogP contribution in [0.3, 0.4) is 0 Å². The largest absolute Gasteiger partial charge is 0.339 e. The summed E-state index contributed by atoms with van der Waals surface area (Å²) in [5.74, 6) is 0.167. The first-order chi connectivity index (χ1) is 5.15. The summed E-state index contributed by atoms with van der Waals surface area (Å²) in [7, 11) is 4.68. The van der Waals surface area contributed by atoms with Crippen LogP contribution in [-0.4, -0.2) is 36.7 Å². The molecule has 0 saturated heterocycles. The zero-order chi connectivity index (χ0) is 10.4. The van der Waals surface area contributed by atoms with E-state index in [4.69, 9.17) is 0 Å². The Bertz CT molecular complexity index is 157. The van der Waals surface area contributed by atoms with Crippen molar-refractivity contribution in [1.82, 2.24) is 0 Å². The highest BCUT2D eigenvalue weighted by molar-refractivity contribution is 5.72. The molecular formula is C6H15N2O4+. The molecule has 0 aliphatic carbocycles. The molecule has 0 heterocycles. The van der Waals surface area contributed by atoms with E-state index in [0.29, 0.717) is 0 Å². The number of carbonyl (C=O) groups is 1. The summed E-state index contributed by atoms with van der Waals surface area (Å²) in [6.45, 7) is 3.06. The minimum Gasteiger partial charge on any atom is -0.300 e. The number of nitrogens with zero attached hydrogens (tertiary/aromatic N) is 2. The third-order valence-corrected chi connectivity index (χ3v) is 0.312. The number of ketones is 1. The van der Waals surface area contributed by atoms with Crippen LogP contribution in [0.1, 0.15) is 13.8 Å². The highest BCUT2D eigenvalue weighted by Crippen LogP contribution is 1.89. The molecule has 0 fully saturated rings. The highest BCUT2D eigenvalue weighted by atomic mass is 17.0. The molecule has 0 saturated carbocycles. The molecular weight excluding hydrogens is 164 g/mol. The Hall–Kier alpha value is -1.17. The molecule has 0 aliphatic rings. The lowest BCUT2D eigenvalue weighted by Gasteiger charge is -2.15. The fourth-order valence-corrected chi connectivity index (χ4v) is 0.200. The van der Waals surface area contributed by atoms with Crippen molar-refractivity contribution in [3.8, 4) is 0 Å². The van der Waals surface area contributed by atoms with E-state index >= 15 is 0 Å². The van der Waals surface area contributed by atoms with Crippen LogP contribution in [-0.2, 0) is 9.73 Å². The van der Waals surface area contributed by atoms with Crippen molar-refractivity contribution in [2.45, 2.75) is 13.8 Å². The van der Waals surface area contributed by atoms with Gasteiger partial charge in [0.05, 0.1) is 0 Å². The van der Waals surface area contributed by atoms with Gasteiger partial charge in [0.2, 0.25) is 0 Å². The fraction of sp³-hybridized carbons (Fsp3) is 0.833. The minimum absolute atomic E-state index is 0.118. The van der Waals surface area contributed by atoms with Gasteiger partial charge in [-0.3, -0.25) is 0 Å². The summed E-state index contributed by atoms with van der Waals surface area (Å²) >= 11 is 0. The topological polar surface area (TPSA) is 69.4 Å². The summed E-state index contributed by atoms with van der Waals surface area (Å²) in [4.78, 5) is 23.1. The molecule has 0 unspecified atom stereocenters. The Morgan fingerprint density at radius 2 is 1.58 bits per heavy atom. The van der Waals surface area contributed by atoms with E-state index in [-0.39, 0.29) is 10.4 Å². The molecule has 0 aliphatic heterocycles. The normalized spacial score (nSPS) is 9.42. The summed E-state index contributed by atoms with van der Waals surface area (Å²) in [6.07, 6.45) is 0. The third-order valence-electron chi connectivity index (χ3n) is 0.312. The van der Waals surface area contributed by atoms with Crippen molar-refractivity contribution in [3.63, 3.8) is 0 Å². The molecule has 0 atom stereocenters. The maximum absolute atomic E-state index is 9.58. The van der Waals surface area contributed by atoms with E-state index in [9.17, 15) is 14.9 Å².